The number of rotatable bonds is 5. The van der Waals surface area contributed by atoms with Crippen LogP contribution in [0.15, 0.2) is 82.3 Å². The Kier molecular flexibility index (Phi) is 4.28. The van der Waals surface area contributed by atoms with Crippen molar-refractivity contribution in [3.05, 3.63) is 95.4 Å². The van der Waals surface area contributed by atoms with Gasteiger partial charge in [-0.25, -0.2) is 4.79 Å². The van der Waals surface area contributed by atoms with Gasteiger partial charge < -0.3 is 9.73 Å². The van der Waals surface area contributed by atoms with E-state index in [1.807, 2.05) is 72.8 Å². The van der Waals surface area contributed by atoms with Gasteiger partial charge >= 0.3 is 6.03 Å². The molecule has 2 aromatic carbocycles. The normalized spacial score (nSPS) is 22.5. The SMILES string of the molecule is C[C@@H]1C[C@H]1c1ccc(/C=N\N2C(=O)NC(c3ccccc3)(c3ccccc3)C2=O)o1. The monoisotopic (exact) mass is 399 g/mol. The summed E-state index contributed by atoms with van der Waals surface area (Å²) >= 11 is 0. The van der Waals surface area contributed by atoms with Crippen LogP contribution in [0.5, 0.6) is 0 Å². The van der Waals surface area contributed by atoms with Crippen LogP contribution in [0.25, 0.3) is 0 Å². The Labute approximate surface area is 174 Å². The lowest BCUT2D eigenvalue weighted by Gasteiger charge is -2.27. The molecule has 0 spiro atoms. The predicted molar refractivity (Wildman–Crippen MR) is 112 cm³/mol. The topological polar surface area (TPSA) is 74.9 Å². The summed E-state index contributed by atoms with van der Waals surface area (Å²) in [6.07, 6.45) is 2.54. The highest BCUT2D eigenvalue weighted by atomic mass is 16.3. The molecule has 1 saturated carbocycles. The second kappa shape index (κ2) is 6.99. The minimum atomic E-state index is -1.32. The van der Waals surface area contributed by atoms with Crippen LogP contribution in [0.4, 0.5) is 4.79 Å². The number of amides is 3. The van der Waals surface area contributed by atoms with E-state index in [1.165, 1.54) is 6.21 Å². The Balaban J connectivity index is 1.49. The van der Waals surface area contributed by atoms with Gasteiger partial charge in [-0.15, -0.1) is 5.01 Å². The first-order chi connectivity index (χ1) is 14.6. The second-order valence-corrected chi connectivity index (χ2v) is 7.83. The molecule has 1 saturated heterocycles. The molecule has 2 atom stereocenters. The lowest BCUT2D eigenvalue weighted by molar-refractivity contribution is -0.130. The lowest BCUT2D eigenvalue weighted by Crippen LogP contribution is -2.44. The van der Waals surface area contributed by atoms with Gasteiger partial charge in [-0.2, -0.15) is 5.10 Å². The minimum Gasteiger partial charge on any atom is -0.460 e. The van der Waals surface area contributed by atoms with Crippen molar-refractivity contribution >= 4 is 18.2 Å². The first kappa shape index (κ1) is 18.4. The molecule has 1 aromatic heterocycles. The van der Waals surface area contributed by atoms with Crippen LogP contribution in [0.1, 0.15) is 41.9 Å². The summed E-state index contributed by atoms with van der Waals surface area (Å²) < 4.78 is 5.81. The molecule has 150 valence electrons. The molecule has 1 N–H and O–H groups in total. The van der Waals surface area contributed by atoms with Crippen LogP contribution in [0.2, 0.25) is 0 Å². The highest BCUT2D eigenvalue weighted by Gasteiger charge is 2.54. The Hall–Kier alpha value is -3.67. The number of benzene rings is 2. The molecule has 2 heterocycles. The number of urea groups is 1. The summed E-state index contributed by atoms with van der Waals surface area (Å²) in [5, 5.41) is 7.91. The van der Waals surface area contributed by atoms with Crippen LogP contribution in [0, 0.1) is 5.92 Å². The van der Waals surface area contributed by atoms with Gasteiger partial charge in [-0.05, 0) is 35.6 Å². The van der Waals surface area contributed by atoms with Crippen molar-refractivity contribution in [2.24, 2.45) is 11.0 Å². The van der Waals surface area contributed by atoms with Gasteiger partial charge in [-0.1, -0.05) is 67.6 Å². The molecular formula is C24H21N3O3. The van der Waals surface area contributed by atoms with Gasteiger partial charge in [-0.3, -0.25) is 4.79 Å². The molecule has 5 rings (SSSR count). The van der Waals surface area contributed by atoms with E-state index in [0.29, 0.717) is 28.7 Å². The predicted octanol–water partition coefficient (Wildman–Crippen LogP) is 4.23. The van der Waals surface area contributed by atoms with Crippen molar-refractivity contribution in [3.8, 4) is 0 Å². The van der Waals surface area contributed by atoms with Crippen molar-refractivity contribution in [2.45, 2.75) is 24.8 Å². The van der Waals surface area contributed by atoms with Gasteiger partial charge in [0.05, 0.1) is 6.21 Å². The molecule has 1 aliphatic carbocycles. The molecule has 3 amide bonds. The Morgan fingerprint density at radius 1 is 1.00 bits per heavy atom. The fraction of sp³-hybridized carbons (Fsp3) is 0.208. The van der Waals surface area contributed by atoms with Crippen LogP contribution in [-0.2, 0) is 10.3 Å². The highest BCUT2D eigenvalue weighted by Crippen LogP contribution is 2.47. The number of hydrazone groups is 1. The zero-order chi connectivity index (χ0) is 20.7. The number of hydrogen-bond donors (Lipinski definition) is 1. The molecule has 0 unspecified atom stereocenters. The molecule has 30 heavy (non-hydrogen) atoms. The minimum absolute atomic E-state index is 0.452. The number of carbonyl (C=O) groups excluding carboxylic acids is 2. The third-order valence-corrected chi connectivity index (χ3v) is 5.84. The van der Waals surface area contributed by atoms with E-state index < -0.39 is 17.5 Å². The number of nitrogens with zero attached hydrogens (tertiary/aromatic N) is 2. The van der Waals surface area contributed by atoms with Gasteiger partial charge in [0.25, 0.3) is 5.91 Å². The summed E-state index contributed by atoms with van der Waals surface area (Å²) in [5.41, 5.74) is 0.0276. The summed E-state index contributed by atoms with van der Waals surface area (Å²) in [4.78, 5) is 26.3. The van der Waals surface area contributed by atoms with E-state index in [9.17, 15) is 9.59 Å². The number of furan rings is 1. The van der Waals surface area contributed by atoms with E-state index in [0.717, 1.165) is 17.2 Å². The summed E-state index contributed by atoms with van der Waals surface area (Å²) in [6, 6.07) is 21.6. The maximum Gasteiger partial charge on any atom is 0.346 e. The largest absolute Gasteiger partial charge is 0.460 e. The Morgan fingerprint density at radius 2 is 1.60 bits per heavy atom. The van der Waals surface area contributed by atoms with Gasteiger partial charge in [0, 0.05) is 5.92 Å². The maximum atomic E-state index is 13.5. The van der Waals surface area contributed by atoms with Crippen LogP contribution in [-0.4, -0.2) is 23.2 Å². The van der Waals surface area contributed by atoms with Gasteiger partial charge in [0.1, 0.15) is 11.5 Å². The fourth-order valence-corrected chi connectivity index (χ4v) is 4.03. The smallest absolute Gasteiger partial charge is 0.346 e. The maximum absolute atomic E-state index is 13.5. The highest BCUT2D eigenvalue weighted by molar-refractivity contribution is 6.09. The quantitative estimate of drug-likeness (QED) is 0.515. The van der Waals surface area contributed by atoms with E-state index in [1.54, 1.807) is 0 Å². The molecule has 0 bridgehead atoms. The average Bonchev–Trinajstić information content (AvgIpc) is 3.21. The number of nitrogens with one attached hydrogen (secondary N) is 1. The van der Waals surface area contributed by atoms with Crippen molar-refractivity contribution < 1.29 is 14.0 Å². The summed E-state index contributed by atoms with van der Waals surface area (Å²) in [7, 11) is 0. The standard InChI is InChI=1S/C24H21N3O3/c1-16-14-20(16)21-13-12-19(30-21)15-25-27-22(28)24(26-23(27)29,17-8-4-2-5-9-17)18-10-6-3-7-11-18/h2-13,15-16,20H,14H2,1H3,(H,26,29)/b25-15-/t16-,20-/m1/s1. The number of imide groups is 1. The van der Waals surface area contributed by atoms with Crippen molar-refractivity contribution in [1.29, 1.82) is 0 Å². The Bertz CT molecular complexity index is 1080. The fourth-order valence-electron chi connectivity index (χ4n) is 4.03. The van der Waals surface area contributed by atoms with Gasteiger partial charge in [0.2, 0.25) is 0 Å². The number of carbonyl (C=O) groups is 2. The molecular weight excluding hydrogens is 378 g/mol. The van der Waals surface area contributed by atoms with Crippen molar-refractivity contribution in [1.82, 2.24) is 10.3 Å². The zero-order valence-electron chi connectivity index (χ0n) is 16.5. The lowest BCUT2D eigenvalue weighted by atomic mass is 9.83. The second-order valence-electron chi connectivity index (χ2n) is 7.83. The third-order valence-electron chi connectivity index (χ3n) is 5.84. The van der Waals surface area contributed by atoms with E-state index in [2.05, 4.69) is 17.3 Å². The average molecular weight is 399 g/mol. The Morgan fingerprint density at radius 3 is 2.17 bits per heavy atom. The number of hydrogen-bond acceptors (Lipinski definition) is 4. The molecule has 6 nitrogen and oxygen atoms in total. The molecule has 1 aliphatic heterocycles. The van der Waals surface area contributed by atoms with Crippen LogP contribution in [0.3, 0.4) is 0 Å². The van der Waals surface area contributed by atoms with E-state index >= 15 is 0 Å². The summed E-state index contributed by atoms with van der Waals surface area (Å²) in [5.74, 6) is 2.06. The summed E-state index contributed by atoms with van der Waals surface area (Å²) in [6.45, 7) is 2.18. The molecule has 0 radical (unpaired) electrons. The van der Waals surface area contributed by atoms with Crippen molar-refractivity contribution in [2.75, 3.05) is 0 Å². The first-order valence-electron chi connectivity index (χ1n) is 10.0. The third kappa shape index (κ3) is 2.92. The van der Waals surface area contributed by atoms with Crippen molar-refractivity contribution in [3.63, 3.8) is 0 Å². The molecule has 2 aliphatic rings. The van der Waals surface area contributed by atoms with Crippen LogP contribution >= 0.6 is 0 Å². The molecule has 2 fully saturated rings. The van der Waals surface area contributed by atoms with E-state index in [-0.39, 0.29) is 0 Å². The van der Waals surface area contributed by atoms with E-state index in [4.69, 9.17) is 4.42 Å². The molecule has 3 aromatic rings. The first-order valence-corrected chi connectivity index (χ1v) is 10.0. The van der Waals surface area contributed by atoms with Crippen LogP contribution < -0.4 is 5.32 Å². The molecule has 6 heteroatoms. The zero-order valence-corrected chi connectivity index (χ0v) is 16.5. The van der Waals surface area contributed by atoms with Gasteiger partial charge in [0.15, 0.2) is 5.54 Å².